The number of aromatic nitrogens is 1. The van der Waals surface area contributed by atoms with Crippen LogP contribution in [-0.4, -0.2) is 64.2 Å². The predicted molar refractivity (Wildman–Crippen MR) is 98.7 cm³/mol. The van der Waals surface area contributed by atoms with E-state index in [-0.39, 0.29) is 35.7 Å². The Morgan fingerprint density at radius 1 is 1.26 bits per heavy atom. The number of piperidine rings is 3. The molecule has 7 heteroatoms. The molecule has 0 aromatic carbocycles. The molecule has 4 atom stereocenters. The Morgan fingerprint density at radius 3 is 2.81 bits per heavy atom. The highest BCUT2D eigenvalue weighted by molar-refractivity contribution is 5.92. The number of hydrogen-bond acceptors (Lipinski definition) is 4. The van der Waals surface area contributed by atoms with Crippen molar-refractivity contribution in [2.45, 2.75) is 44.7 Å². The van der Waals surface area contributed by atoms with Crippen LogP contribution in [0.15, 0.2) is 24.4 Å². The highest BCUT2D eigenvalue weighted by Crippen LogP contribution is 2.41. The molecule has 3 aliphatic rings. The minimum Gasteiger partial charge on any atom is -0.354 e. The zero-order valence-electron chi connectivity index (χ0n) is 15.6. The topological polar surface area (TPSA) is 82.6 Å². The molecule has 0 saturated carbocycles. The van der Waals surface area contributed by atoms with Crippen molar-refractivity contribution in [3.63, 3.8) is 0 Å². The molecule has 0 radical (unpaired) electrons. The van der Waals surface area contributed by atoms with Gasteiger partial charge < -0.3 is 15.1 Å². The fourth-order valence-corrected chi connectivity index (χ4v) is 5.10. The molecule has 27 heavy (non-hydrogen) atoms. The number of fused-ring (bicyclic) bond motifs is 4. The molecule has 0 unspecified atom stereocenters. The van der Waals surface area contributed by atoms with Gasteiger partial charge in [0.2, 0.25) is 11.8 Å². The van der Waals surface area contributed by atoms with E-state index < -0.39 is 0 Å². The maximum absolute atomic E-state index is 12.9. The highest BCUT2D eigenvalue weighted by atomic mass is 16.2. The van der Waals surface area contributed by atoms with Crippen molar-refractivity contribution in [1.82, 2.24) is 20.1 Å². The van der Waals surface area contributed by atoms with Gasteiger partial charge in [-0.2, -0.15) is 0 Å². The fourth-order valence-electron chi connectivity index (χ4n) is 5.10. The van der Waals surface area contributed by atoms with Gasteiger partial charge >= 0.3 is 0 Å². The van der Waals surface area contributed by atoms with Gasteiger partial charge in [0, 0.05) is 45.2 Å². The number of carbonyl (C=O) groups excluding carboxylic acids is 3. The first-order chi connectivity index (χ1) is 13.0. The molecule has 7 nitrogen and oxygen atoms in total. The van der Waals surface area contributed by atoms with Crippen LogP contribution in [0.3, 0.4) is 0 Å². The lowest BCUT2D eigenvalue weighted by Gasteiger charge is -2.56. The van der Waals surface area contributed by atoms with Crippen LogP contribution < -0.4 is 5.32 Å². The number of amides is 3. The van der Waals surface area contributed by atoms with Crippen molar-refractivity contribution < 1.29 is 14.4 Å². The number of likely N-dealkylation sites (tertiary alicyclic amines) is 1. The Kier molecular flexibility index (Phi) is 4.85. The first kappa shape index (κ1) is 17.9. The van der Waals surface area contributed by atoms with Crippen molar-refractivity contribution in [2.75, 3.05) is 19.6 Å². The molecule has 0 aliphatic carbocycles. The third-order valence-electron chi connectivity index (χ3n) is 6.23. The third kappa shape index (κ3) is 3.42. The monoisotopic (exact) mass is 370 g/mol. The first-order valence-corrected chi connectivity index (χ1v) is 9.80. The molecule has 0 spiro atoms. The Morgan fingerprint density at radius 2 is 2.07 bits per heavy atom. The quantitative estimate of drug-likeness (QED) is 0.862. The Balaban J connectivity index is 1.59. The molecular formula is C20H26N4O3. The maximum Gasteiger partial charge on any atom is 0.272 e. The summed E-state index contributed by atoms with van der Waals surface area (Å²) in [5, 5.41) is 2.90. The second-order valence-electron chi connectivity index (χ2n) is 7.95. The van der Waals surface area contributed by atoms with Gasteiger partial charge in [0.25, 0.3) is 5.91 Å². The van der Waals surface area contributed by atoms with Crippen molar-refractivity contribution in [2.24, 2.45) is 11.8 Å². The smallest absolute Gasteiger partial charge is 0.272 e. The van der Waals surface area contributed by atoms with Crippen LogP contribution in [0.1, 0.15) is 43.1 Å². The average Bonchev–Trinajstić information content (AvgIpc) is 2.68. The van der Waals surface area contributed by atoms with Gasteiger partial charge in [-0.3, -0.25) is 19.4 Å². The van der Waals surface area contributed by atoms with Crippen LogP contribution in [0.4, 0.5) is 0 Å². The number of pyridine rings is 1. The molecule has 1 N–H and O–H groups in total. The number of hydrogen-bond donors (Lipinski definition) is 1. The lowest BCUT2D eigenvalue weighted by atomic mass is 9.72. The minimum absolute atomic E-state index is 0.0396. The zero-order valence-corrected chi connectivity index (χ0v) is 15.6. The second-order valence-corrected chi connectivity index (χ2v) is 7.95. The molecule has 3 aliphatic heterocycles. The Hall–Kier alpha value is -2.44. The van der Waals surface area contributed by atoms with Crippen molar-refractivity contribution in [3.8, 4) is 0 Å². The van der Waals surface area contributed by atoms with Crippen molar-refractivity contribution in [3.05, 3.63) is 30.1 Å². The molecular weight excluding hydrogens is 344 g/mol. The zero-order chi connectivity index (χ0) is 19.0. The SMILES string of the molecule is CC(=O)NC[C@H]1[C@H]2C[C@H](CN(C(=O)c3ccccn3)C2)[C@@H]2CCCC(=O)N21. The fraction of sp³-hybridized carbons (Fsp3) is 0.600. The average molecular weight is 370 g/mol. The van der Waals surface area contributed by atoms with Gasteiger partial charge in [0.1, 0.15) is 5.69 Å². The minimum atomic E-state index is -0.0876. The molecule has 2 bridgehead atoms. The summed E-state index contributed by atoms with van der Waals surface area (Å²) in [4.78, 5) is 45.2. The summed E-state index contributed by atoms with van der Waals surface area (Å²) in [6.07, 6.45) is 5.11. The number of rotatable bonds is 3. The summed E-state index contributed by atoms with van der Waals surface area (Å²) >= 11 is 0. The third-order valence-corrected chi connectivity index (χ3v) is 6.23. The number of carbonyl (C=O) groups is 3. The van der Waals surface area contributed by atoms with E-state index in [0.717, 1.165) is 19.3 Å². The van der Waals surface area contributed by atoms with Crippen LogP contribution in [0.25, 0.3) is 0 Å². The summed E-state index contributed by atoms with van der Waals surface area (Å²) in [6.45, 7) is 3.24. The Bertz CT molecular complexity index is 738. The second kappa shape index (κ2) is 7.29. The van der Waals surface area contributed by atoms with Gasteiger partial charge in [-0.25, -0.2) is 0 Å². The van der Waals surface area contributed by atoms with E-state index in [0.29, 0.717) is 37.7 Å². The lowest BCUT2D eigenvalue weighted by Crippen LogP contribution is -2.67. The van der Waals surface area contributed by atoms with E-state index in [1.807, 2.05) is 15.9 Å². The van der Waals surface area contributed by atoms with Crippen molar-refractivity contribution >= 4 is 17.7 Å². The molecule has 1 aromatic rings. The molecule has 3 amide bonds. The van der Waals surface area contributed by atoms with Gasteiger partial charge in [-0.15, -0.1) is 0 Å². The van der Waals surface area contributed by atoms with Crippen LogP contribution in [-0.2, 0) is 9.59 Å². The number of nitrogens with one attached hydrogen (secondary N) is 1. The number of nitrogens with zero attached hydrogens (tertiary/aromatic N) is 3. The molecule has 4 heterocycles. The van der Waals surface area contributed by atoms with Gasteiger partial charge in [0.15, 0.2) is 0 Å². The Labute approximate surface area is 159 Å². The maximum atomic E-state index is 12.9. The summed E-state index contributed by atoms with van der Waals surface area (Å²) < 4.78 is 0. The van der Waals surface area contributed by atoms with E-state index in [1.54, 1.807) is 18.3 Å². The molecule has 144 valence electrons. The normalized spacial score (nSPS) is 29.9. The lowest BCUT2D eigenvalue weighted by molar-refractivity contribution is -0.151. The molecule has 4 rings (SSSR count). The first-order valence-electron chi connectivity index (χ1n) is 9.80. The predicted octanol–water partition coefficient (Wildman–Crippen LogP) is 1.06. The molecule has 1 aromatic heterocycles. The van der Waals surface area contributed by atoms with Crippen LogP contribution >= 0.6 is 0 Å². The standard InChI is InChI=1S/C20H26N4O3/c1-13(25)22-10-18-15-9-14(17-6-4-7-19(26)24(17)18)11-23(12-15)20(27)16-5-2-3-8-21-16/h2-3,5,8,14-15,17-18H,4,6-7,9-12H2,1H3,(H,22,25)/t14-,15+,17+,18+/m1/s1. The molecule has 3 saturated heterocycles. The summed E-state index contributed by atoms with van der Waals surface area (Å²) in [7, 11) is 0. The van der Waals surface area contributed by atoms with Crippen molar-refractivity contribution in [1.29, 1.82) is 0 Å². The van der Waals surface area contributed by atoms with E-state index in [1.165, 1.54) is 6.92 Å². The largest absolute Gasteiger partial charge is 0.354 e. The van der Waals surface area contributed by atoms with Gasteiger partial charge in [0.05, 0.1) is 6.04 Å². The van der Waals surface area contributed by atoms with Crippen LogP contribution in [0.2, 0.25) is 0 Å². The summed E-state index contributed by atoms with van der Waals surface area (Å²) in [5.41, 5.74) is 0.465. The van der Waals surface area contributed by atoms with Gasteiger partial charge in [-0.05, 0) is 43.2 Å². The van der Waals surface area contributed by atoms with E-state index in [4.69, 9.17) is 0 Å². The van der Waals surface area contributed by atoms with E-state index in [9.17, 15) is 14.4 Å². The summed E-state index contributed by atoms with van der Waals surface area (Å²) in [6, 6.07) is 5.50. The van der Waals surface area contributed by atoms with Crippen LogP contribution in [0.5, 0.6) is 0 Å². The highest BCUT2D eigenvalue weighted by Gasteiger charge is 2.50. The van der Waals surface area contributed by atoms with Crippen LogP contribution in [0, 0.1) is 11.8 Å². The molecule has 3 fully saturated rings. The van der Waals surface area contributed by atoms with E-state index in [2.05, 4.69) is 10.3 Å². The van der Waals surface area contributed by atoms with E-state index >= 15 is 0 Å². The summed E-state index contributed by atoms with van der Waals surface area (Å²) in [5.74, 6) is 0.547. The van der Waals surface area contributed by atoms with Gasteiger partial charge in [-0.1, -0.05) is 6.07 Å².